The van der Waals surface area contributed by atoms with Crippen molar-refractivity contribution < 1.29 is 4.74 Å². The highest BCUT2D eigenvalue weighted by Crippen LogP contribution is 2.29. The van der Waals surface area contributed by atoms with E-state index in [4.69, 9.17) is 16.3 Å². The van der Waals surface area contributed by atoms with Gasteiger partial charge in [0, 0.05) is 24.2 Å². The lowest BCUT2D eigenvalue weighted by molar-refractivity contribution is 0.0166. The number of rotatable bonds is 5. The van der Waals surface area contributed by atoms with Crippen molar-refractivity contribution in [2.24, 2.45) is 0 Å². The summed E-state index contributed by atoms with van der Waals surface area (Å²) >= 11 is 5.98. The highest BCUT2D eigenvalue weighted by Gasteiger charge is 2.21. The molecule has 126 valence electrons. The van der Waals surface area contributed by atoms with Gasteiger partial charge in [-0.25, -0.2) is 0 Å². The van der Waals surface area contributed by atoms with E-state index in [0.717, 1.165) is 37.7 Å². The second-order valence-corrected chi connectivity index (χ2v) is 6.53. The fourth-order valence-corrected chi connectivity index (χ4v) is 3.32. The number of nitrogens with zero attached hydrogens (tertiary/aromatic N) is 1. The molecule has 1 saturated heterocycles. The van der Waals surface area contributed by atoms with Gasteiger partial charge in [-0.05, 0) is 42.2 Å². The third-order valence-corrected chi connectivity index (χ3v) is 4.81. The van der Waals surface area contributed by atoms with E-state index in [1.54, 1.807) is 0 Å². The summed E-state index contributed by atoms with van der Waals surface area (Å²) in [6.07, 6.45) is 5.43. The van der Waals surface area contributed by atoms with E-state index in [1.807, 2.05) is 12.1 Å². The Morgan fingerprint density at radius 1 is 1.00 bits per heavy atom. The molecule has 1 aliphatic rings. The van der Waals surface area contributed by atoms with E-state index < -0.39 is 0 Å². The van der Waals surface area contributed by atoms with Crippen molar-refractivity contribution in [1.29, 1.82) is 0 Å². The summed E-state index contributed by atoms with van der Waals surface area (Å²) in [6, 6.07) is 17.4. The summed E-state index contributed by atoms with van der Waals surface area (Å²) in [5.74, 6) is 0. The Bertz CT molecular complexity index is 657. The molecule has 0 radical (unpaired) electrons. The fraction of sp³-hybridized carbons (Fsp3) is 0.333. The lowest BCUT2D eigenvalue weighted by atomic mass is 9.97. The van der Waals surface area contributed by atoms with Gasteiger partial charge in [-0.1, -0.05) is 60.2 Å². The highest BCUT2D eigenvalue weighted by molar-refractivity contribution is 6.30. The van der Waals surface area contributed by atoms with Crippen LogP contribution in [0.15, 0.2) is 60.7 Å². The van der Waals surface area contributed by atoms with Crippen molar-refractivity contribution in [2.75, 3.05) is 26.3 Å². The van der Waals surface area contributed by atoms with Crippen LogP contribution in [0.3, 0.4) is 0 Å². The van der Waals surface area contributed by atoms with Crippen LogP contribution >= 0.6 is 11.6 Å². The Labute approximate surface area is 149 Å². The van der Waals surface area contributed by atoms with Crippen LogP contribution in [0.25, 0.3) is 11.1 Å². The number of benzene rings is 2. The van der Waals surface area contributed by atoms with Gasteiger partial charge in [0.15, 0.2) is 0 Å². The normalized spacial score (nSPS) is 17.2. The van der Waals surface area contributed by atoms with Crippen molar-refractivity contribution in [2.45, 2.75) is 19.4 Å². The molecule has 2 aromatic rings. The number of allylic oxidation sites excluding steroid dienone is 1. The van der Waals surface area contributed by atoms with Crippen LogP contribution in [-0.4, -0.2) is 31.2 Å². The molecule has 1 heterocycles. The quantitative estimate of drug-likeness (QED) is 0.680. The van der Waals surface area contributed by atoms with Gasteiger partial charge in [0.25, 0.3) is 0 Å². The molecule has 3 heteroatoms. The number of ether oxygens (including phenoxy) is 1. The second kappa shape index (κ2) is 8.48. The Morgan fingerprint density at radius 2 is 1.58 bits per heavy atom. The molecule has 0 aromatic heterocycles. The van der Waals surface area contributed by atoms with Crippen LogP contribution in [0.2, 0.25) is 5.02 Å². The Balaban J connectivity index is 1.81. The van der Waals surface area contributed by atoms with Crippen LogP contribution in [0, 0.1) is 0 Å². The molecule has 0 aliphatic carbocycles. The van der Waals surface area contributed by atoms with E-state index in [-0.39, 0.29) is 0 Å². The highest BCUT2D eigenvalue weighted by atomic mass is 35.5. The van der Waals surface area contributed by atoms with Crippen molar-refractivity contribution in [3.8, 4) is 11.1 Å². The summed E-state index contributed by atoms with van der Waals surface area (Å²) in [5.41, 5.74) is 3.79. The van der Waals surface area contributed by atoms with Crippen LogP contribution in [0.4, 0.5) is 0 Å². The SMILES string of the molecule is C/C=C/CC(c1ccc(-c2ccc(Cl)cc2)cc1)N1CCOCC1. The van der Waals surface area contributed by atoms with Gasteiger partial charge in [0.05, 0.1) is 13.2 Å². The average Bonchev–Trinajstić information content (AvgIpc) is 2.64. The van der Waals surface area contributed by atoms with E-state index in [1.165, 1.54) is 16.7 Å². The summed E-state index contributed by atoms with van der Waals surface area (Å²) in [6.45, 7) is 5.74. The minimum absolute atomic E-state index is 0.421. The number of morpholine rings is 1. The van der Waals surface area contributed by atoms with Gasteiger partial charge >= 0.3 is 0 Å². The molecule has 3 rings (SSSR count). The van der Waals surface area contributed by atoms with Crippen molar-refractivity contribution in [3.63, 3.8) is 0 Å². The fourth-order valence-electron chi connectivity index (χ4n) is 3.19. The van der Waals surface area contributed by atoms with Crippen LogP contribution < -0.4 is 0 Å². The monoisotopic (exact) mass is 341 g/mol. The van der Waals surface area contributed by atoms with Gasteiger partial charge in [0.2, 0.25) is 0 Å². The Hall–Kier alpha value is -1.61. The van der Waals surface area contributed by atoms with Gasteiger partial charge in [-0.2, -0.15) is 0 Å². The zero-order chi connectivity index (χ0) is 16.8. The van der Waals surface area contributed by atoms with Crippen molar-refractivity contribution in [3.05, 3.63) is 71.3 Å². The molecular weight excluding hydrogens is 318 g/mol. The van der Waals surface area contributed by atoms with Gasteiger partial charge in [-0.15, -0.1) is 0 Å². The maximum Gasteiger partial charge on any atom is 0.0594 e. The summed E-state index contributed by atoms with van der Waals surface area (Å²) in [4.78, 5) is 2.53. The Kier molecular flexibility index (Phi) is 6.08. The standard InChI is InChI=1S/C21H24ClNO/c1-2-3-4-21(23-13-15-24-16-14-23)19-7-5-17(6-8-19)18-9-11-20(22)12-10-18/h2-3,5-12,21H,4,13-16H2,1H3/b3-2+. The molecule has 0 spiro atoms. The molecule has 1 unspecified atom stereocenters. The minimum atomic E-state index is 0.421. The summed E-state index contributed by atoms with van der Waals surface area (Å²) in [7, 11) is 0. The first-order valence-corrected chi connectivity index (χ1v) is 8.94. The molecule has 0 saturated carbocycles. The largest absolute Gasteiger partial charge is 0.379 e. The first-order valence-electron chi connectivity index (χ1n) is 8.57. The first-order chi connectivity index (χ1) is 11.8. The summed E-state index contributed by atoms with van der Waals surface area (Å²) in [5, 5.41) is 0.772. The average molecular weight is 342 g/mol. The molecule has 0 N–H and O–H groups in total. The molecule has 2 aromatic carbocycles. The predicted molar refractivity (Wildman–Crippen MR) is 101 cm³/mol. The molecule has 1 atom stereocenters. The molecule has 0 amide bonds. The van der Waals surface area contributed by atoms with Gasteiger partial charge < -0.3 is 4.74 Å². The van der Waals surface area contributed by atoms with E-state index in [9.17, 15) is 0 Å². The van der Waals surface area contributed by atoms with Crippen LogP contribution in [-0.2, 0) is 4.74 Å². The number of hydrogen-bond donors (Lipinski definition) is 0. The molecule has 1 aliphatic heterocycles. The maximum absolute atomic E-state index is 5.98. The van der Waals surface area contributed by atoms with Crippen molar-refractivity contribution >= 4 is 11.6 Å². The molecule has 1 fully saturated rings. The minimum Gasteiger partial charge on any atom is -0.379 e. The lowest BCUT2D eigenvalue weighted by Gasteiger charge is -2.34. The van der Waals surface area contributed by atoms with Crippen molar-refractivity contribution in [1.82, 2.24) is 4.90 Å². The van der Waals surface area contributed by atoms with Crippen LogP contribution in [0.5, 0.6) is 0 Å². The zero-order valence-corrected chi connectivity index (χ0v) is 14.9. The number of hydrogen-bond acceptors (Lipinski definition) is 2. The van der Waals surface area contributed by atoms with E-state index >= 15 is 0 Å². The van der Waals surface area contributed by atoms with Gasteiger partial charge in [-0.3, -0.25) is 4.90 Å². The molecule has 0 bridgehead atoms. The van der Waals surface area contributed by atoms with E-state index in [2.05, 4.69) is 60.4 Å². The predicted octanol–water partition coefficient (Wildman–Crippen LogP) is 5.35. The number of halogens is 1. The Morgan fingerprint density at radius 3 is 2.17 bits per heavy atom. The second-order valence-electron chi connectivity index (χ2n) is 6.10. The summed E-state index contributed by atoms with van der Waals surface area (Å²) < 4.78 is 5.51. The topological polar surface area (TPSA) is 12.5 Å². The smallest absolute Gasteiger partial charge is 0.0594 e. The molecule has 2 nitrogen and oxygen atoms in total. The molecule has 24 heavy (non-hydrogen) atoms. The van der Waals surface area contributed by atoms with Gasteiger partial charge in [0.1, 0.15) is 0 Å². The van der Waals surface area contributed by atoms with E-state index in [0.29, 0.717) is 6.04 Å². The maximum atomic E-state index is 5.98. The molecular formula is C21H24ClNO. The third kappa shape index (κ3) is 4.27. The third-order valence-electron chi connectivity index (χ3n) is 4.55. The zero-order valence-electron chi connectivity index (χ0n) is 14.1. The van der Waals surface area contributed by atoms with Crippen LogP contribution in [0.1, 0.15) is 24.9 Å². The lowest BCUT2D eigenvalue weighted by Crippen LogP contribution is -2.38. The first kappa shape index (κ1) is 17.2.